The molecule has 0 aliphatic heterocycles. The van der Waals surface area contributed by atoms with Gasteiger partial charge in [-0.05, 0) is 19.4 Å². The molecule has 4 heteroatoms. The first-order valence-electron chi connectivity index (χ1n) is 8.11. The standard InChI is InChI=1S/C17H31N3O/c1-7-8-9-10-11-13(2)18-16(21)14-12-15(17(3,4)5)19-20(14)6/h12-13H,7-11H2,1-6H3,(H,18,21). The maximum Gasteiger partial charge on any atom is 0.269 e. The highest BCUT2D eigenvalue weighted by molar-refractivity contribution is 5.92. The molecular weight excluding hydrogens is 262 g/mol. The van der Waals surface area contributed by atoms with Crippen molar-refractivity contribution in [2.75, 3.05) is 0 Å². The number of hydrogen-bond donors (Lipinski definition) is 1. The van der Waals surface area contributed by atoms with Crippen molar-refractivity contribution >= 4 is 5.91 Å². The normalized spacial score (nSPS) is 13.2. The zero-order valence-electron chi connectivity index (χ0n) is 14.5. The van der Waals surface area contributed by atoms with Crippen LogP contribution in [0.4, 0.5) is 0 Å². The zero-order chi connectivity index (χ0) is 16.0. The van der Waals surface area contributed by atoms with Crippen molar-refractivity contribution in [1.82, 2.24) is 15.1 Å². The first-order valence-corrected chi connectivity index (χ1v) is 8.11. The third-order valence-corrected chi connectivity index (χ3v) is 3.75. The minimum Gasteiger partial charge on any atom is -0.348 e. The Kier molecular flexibility index (Phi) is 6.43. The predicted molar refractivity (Wildman–Crippen MR) is 87.6 cm³/mol. The van der Waals surface area contributed by atoms with Crippen molar-refractivity contribution in [3.63, 3.8) is 0 Å². The van der Waals surface area contributed by atoms with Crippen LogP contribution >= 0.6 is 0 Å². The fourth-order valence-corrected chi connectivity index (χ4v) is 2.29. The molecule has 1 rings (SSSR count). The summed E-state index contributed by atoms with van der Waals surface area (Å²) in [5.74, 6) is -0.0245. The van der Waals surface area contributed by atoms with Crippen LogP contribution in [0.1, 0.15) is 82.9 Å². The first-order chi connectivity index (χ1) is 9.75. The molecule has 0 aromatic carbocycles. The summed E-state index contributed by atoms with van der Waals surface area (Å²) in [7, 11) is 1.83. The fraction of sp³-hybridized carbons (Fsp3) is 0.765. The average Bonchev–Trinajstić information content (AvgIpc) is 2.77. The minimum absolute atomic E-state index is 0.0245. The van der Waals surface area contributed by atoms with Gasteiger partial charge in [0.1, 0.15) is 5.69 Å². The summed E-state index contributed by atoms with van der Waals surface area (Å²) in [6, 6.07) is 2.11. The summed E-state index contributed by atoms with van der Waals surface area (Å²) in [4.78, 5) is 12.3. The zero-order valence-corrected chi connectivity index (χ0v) is 14.5. The molecule has 1 aromatic heterocycles. The van der Waals surface area contributed by atoms with Crippen LogP contribution in [0.3, 0.4) is 0 Å². The van der Waals surface area contributed by atoms with Crippen molar-refractivity contribution in [3.8, 4) is 0 Å². The monoisotopic (exact) mass is 293 g/mol. The van der Waals surface area contributed by atoms with Crippen LogP contribution in [0, 0.1) is 0 Å². The number of rotatable bonds is 7. The van der Waals surface area contributed by atoms with E-state index in [1.165, 1.54) is 25.7 Å². The Morgan fingerprint density at radius 3 is 2.52 bits per heavy atom. The van der Waals surface area contributed by atoms with E-state index in [9.17, 15) is 4.79 Å². The molecule has 0 saturated carbocycles. The minimum atomic E-state index is -0.0396. The molecule has 120 valence electrons. The summed E-state index contributed by atoms with van der Waals surface area (Å²) in [5.41, 5.74) is 1.55. The summed E-state index contributed by atoms with van der Waals surface area (Å²) < 4.78 is 1.68. The van der Waals surface area contributed by atoms with Gasteiger partial charge in [0.05, 0.1) is 5.69 Å². The van der Waals surface area contributed by atoms with Gasteiger partial charge in [0.25, 0.3) is 5.91 Å². The largest absolute Gasteiger partial charge is 0.348 e. The summed E-state index contributed by atoms with van der Waals surface area (Å²) in [6.45, 7) is 10.6. The van der Waals surface area contributed by atoms with Crippen molar-refractivity contribution in [2.24, 2.45) is 7.05 Å². The topological polar surface area (TPSA) is 46.9 Å². The molecule has 1 N–H and O–H groups in total. The molecule has 1 atom stereocenters. The lowest BCUT2D eigenvalue weighted by atomic mass is 9.92. The number of carbonyl (C=O) groups excluding carboxylic acids is 1. The molecular formula is C17H31N3O. The lowest BCUT2D eigenvalue weighted by Crippen LogP contribution is -2.33. The highest BCUT2D eigenvalue weighted by Crippen LogP contribution is 2.21. The number of hydrogen-bond acceptors (Lipinski definition) is 2. The number of nitrogens with zero attached hydrogens (tertiary/aromatic N) is 2. The molecule has 4 nitrogen and oxygen atoms in total. The van der Waals surface area contributed by atoms with E-state index < -0.39 is 0 Å². The third-order valence-electron chi connectivity index (χ3n) is 3.75. The molecule has 1 aromatic rings. The van der Waals surface area contributed by atoms with Crippen LogP contribution in [0.5, 0.6) is 0 Å². The van der Waals surface area contributed by atoms with Crippen LogP contribution in [0.15, 0.2) is 6.07 Å². The second-order valence-electron chi connectivity index (χ2n) is 7.01. The molecule has 0 saturated heterocycles. The average molecular weight is 293 g/mol. The van der Waals surface area contributed by atoms with Gasteiger partial charge in [-0.3, -0.25) is 9.48 Å². The molecule has 0 radical (unpaired) electrons. The highest BCUT2D eigenvalue weighted by Gasteiger charge is 2.22. The first kappa shape index (κ1) is 17.7. The molecule has 0 aliphatic rings. The van der Waals surface area contributed by atoms with Crippen LogP contribution in [0.2, 0.25) is 0 Å². The molecule has 0 spiro atoms. The Hall–Kier alpha value is -1.32. The molecule has 1 amide bonds. The lowest BCUT2D eigenvalue weighted by molar-refractivity contribution is 0.0928. The molecule has 1 heterocycles. The smallest absolute Gasteiger partial charge is 0.269 e. The lowest BCUT2D eigenvalue weighted by Gasteiger charge is -2.14. The Bertz CT molecular complexity index is 457. The fourth-order valence-electron chi connectivity index (χ4n) is 2.29. The Balaban J connectivity index is 2.57. The number of amides is 1. The summed E-state index contributed by atoms with van der Waals surface area (Å²) in [6.07, 6.45) is 5.98. The Morgan fingerprint density at radius 2 is 2.00 bits per heavy atom. The Labute approximate surface area is 129 Å². The predicted octanol–water partition coefficient (Wildman–Crippen LogP) is 3.81. The molecule has 21 heavy (non-hydrogen) atoms. The van der Waals surface area contributed by atoms with E-state index >= 15 is 0 Å². The number of nitrogens with one attached hydrogen (secondary N) is 1. The number of unbranched alkanes of at least 4 members (excludes halogenated alkanes) is 3. The van der Waals surface area contributed by atoms with E-state index in [1.54, 1.807) is 4.68 Å². The number of aromatic nitrogens is 2. The van der Waals surface area contributed by atoms with Gasteiger partial charge in [-0.1, -0.05) is 53.4 Å². The van der Waals surface area contributed by atoms with E-state index in [1.807, 2.05) is 13.1 Å². The van der Waals surface area contributed by atoms with E-state index in [4.69, 9.17) is 0 Å². The van der Waals surface area contributed by atoms with Gasteiger partial charge in [0.2, 0.25) is 0 Å². The maximum absolute atomic E-state index is 12.3. The number of carbonyl (C=O) groups is 1. The molecule has 0 bridgehead atoms. The van der Waals surface area contributed by atoms with Gasteiger partial charge in [0.15, 0.2) is 0 Å². The van der Waals surface area contributed by atoms with Gasteiger partial charge in [-0.25, -0.2) is 0 Å². The Morgan fingerprint density at radius 1 is 1.33 bits per heavy atom. The van der Waals surface area contributed by atoms with Crippen molar-refractivity contribution in [2.45, 2.75) is 78.2 Å². The second kappa shape index (κ2) is 7.62. The van der Waals surface area contributed by atoms with Crippen LogP contribution in [-0.2, 0) is 12.5 Å². The SMILES string of the molecule is CCCCCCC(C)NC(=O)c1cc(C(C)(C)C)nn1C. The van der Waals surface area contributed by atoms with Crippen molar-refractivity contribution in [1.29, 1.82) is 0 Å². The van der Waals surface area contributed by atoms with Crippen molar-refractivity contribution in [3.05, 3.63) is 17.5 Å². The van der Waals surface area contributed by atoms with E-state index in [-0.39, 0.29) is 17.4 Å². The van der Waals surface area contributed by atoms with E-state index in [0.29, 0.717) is 5.69 Å². The second-order valence-corrected chi connectivity index (χ2v) is 7.01. The number of aryl methyl sites for hydroxylation is 1. The van der Waals surface area contributed by atoms with Crippen LogP contribution < -0.4 is 5.32 Å². The molecule has 0 aliphatic carbocycles. The van der Waals surface area contributed by atoms with Gasteiger partial charge in [-0.15, -0.1) is 0 Å². The summed E-state index contributed by atoms with van der Waals surface area (Å²) in [5, 5.41) is 7.53. The highest BCUT2D eigenvalue weighted by atomic mass is 16.2. The van der Waals surface area contributed by atoms with Crippen LogP contribution in [-0.4, -0.2) is 21.7 Å². The van der Waals surface area contributed by atoms with Gasteiger partial charge in [-0.2, -0.15) is 5.10 Å². The maximum atomic E-state index is 12.3. The molecule has 0 fully saturated rings. The van der Waals surface area contributed by atoms with E-state index in [0.717, 1.165) is 12.1 Å². The van der Waals surface area contributed by atoms with Gasteiger partial charge < -0.3 is 5.32 Å². The summed E-state index contributed by atoms with van der Waals surface area (Å²) >= 11 is 0. The van der Waals surface area contributed by atoms with Crippen molar-refractivity contribution < 1.29 is 4.79 Å². The van der Waals surface area contributed by atoms with Gasteiger partial charge in [0, 0.05) is 18.5 Å². The third kappa shape index (κ3) is 5.52. The van der Waals surface area contributed by atoms with Crippen LogP contribution in [0.25, 0.3) is 0 Å². The van der Waals surface area contributed by atoms with Gasteiger partial charge >= 0.3 is 0 Å². The molecule has 1 unspecified atom stereocenters. The quantitative estimate of drug-likeness (QED) is 0.777. The van der Waals surface area contributed by atoms with E-state index in [2.05, 4.69) is 45.0 Å².